The summed E-state index contributed by atoms with van der Waals surface area (Å²) in [5.74, 6) is 0.125. The van der Waals surface area contributed by atoms with Crippen molar-refractivity contribution in [1.29, 1.82) is 0 Å². The molecule has 0 saturated carbocycles. The highest BCUT2D eigenvalue weighted by Gasteiger charge is 2.19. The lowest BCUT2D eigenvalue weighted by molar-refractivity contribution is 0.0752. The SMILES string of the molecule is O=C(c1ccccc1)N1CCCc2[nH]cnc2CC1. The Labute approximate surface area is 112 Å². The summed E-state index contributed by atoms with van der Waals surface area (Å²) in [6.45, 7) is 1.55. The van der Waals surface area contributed by atoms with Gasteiger partial charge in [-0.15, -0.1) is 0 Å². The number of benzene rings is 1. The highest BCUT2D eigenvalue weighted by atomic mass is 16.2. The molecule has 1 amide bonds. The number of fused-ring (bicyclic) bond motifs is 1. The van der Waals surface area contributed by atoms with E-state index >= 15 is 0 Å². The van der Waals surface area contributed by atoms with Crippen LogP contribution in [-0.4, -0.2) is 33.9 Å². The Balaban J connectivity index is 1.75. The summed E-state index contributed by atoms with van der Waals surface area (Å²) in [6.07, 6.45) is 4.53. The van der Waals surface area contributed by atoms with Crippen LogP contribution in [0.25, 0.3) is 0 Å². The largest absolute Gasteiger partial charge is 0.348 e. The van der Waals surface area contributed by atoms with Gasteiger partial charge in [0.15, 0.2) is 0 Å². The third-order valence-corrected chi connectivity index (χ3v) is 3.59. The van der Waals surface area contributed by atoms with Crippen LogP contribution < -0.4 is 0 Å². The van der Waals surface area contributed by atoms with Gasteiger partial charge in [0.1, 0.15) is 0 Å². The number of imidazole rings is 1. The molecule has 1 N–H and O–H groups in total. The predicted octanol–water partition coefficient (Wildman–Crippen LogP) is 2.04. The van der Waals surface area contributed by atoms with Gasteiger partial charge in [0.2, 0.25) is 0 Å². The molecule has 4 nitrogen and oxygen atoms in total. The van der Waals surface area contributed by atoms with Gasteiger partial charge >= 0.3 is 0 Å². The van der Waals surface area contributed by atoms with Crippen LogP contribution in [0.15, 0.2) is 36.7 Å². The number of aromatic nitrogens is 2. The normalized spacial score (nSPS) is 15.5. The number of aryl methyl sites for hydroxylation is 1. The maximum atomic E-state index is 12.4. The lowest BCUT2D eigenvalue weighted by Gasteiger charge is -2.24. The third-order valence-electron chi connectivity index (χ3n) is 3.59. The summed E-state index contributed by atoms with van der Waals surface area (Å²) in [7, 11) is 0. The molecule has 1 aliphatic rings. The molecule has 0 spiro atoms. The predicted molar refractivity (Wildman–Crippen MR) is 73.0 cm³/mol. The van der Waals surface area contributed by atoms with Crippen LogP contribution in [0.5, 0.6) is 0 Å². The first-order valence-electron chi connectivity index (χ1n) is 6.70. The molecule has 0 atom stereocenters. The van der Waals surface area contributed by atoms with Gasteiger partial charge in [-0.1, -0.05) is 18.2 Å². The number of hydrogen-bond donors (Lipinski definition) is 1. The molecule has 0 saturated heterocycles. The van der Waals surface area contributed by atoms with Crippen molar-refractivity contribution < 1.29 is 4.79 Å². The van der Waals surface area contributed by atoms with E-state index in [0.29, 0.717) is 0 Å². The summed E-state index contributed by atoms with van der Waals surface area (Å²) in [5, 5.41) is 0. The monoisotopic (exact) mass is 255 g/mol. The second-order valence-corrected chi connectivity index (χ2v) is 4.84. The van der Waals surface area contributed by atoms with Gasteiger partial charge in [-0.3, -0.25) is 4.79 Å². The Hall–Kier alpha value is -2.10. The molecule has 0 fully saturated rings. The number of carbonyl (C=O) groups is 1. The van der Waals surface area contributed by atoms with E-state index in [-0.39, 0.29) is 5.91 Å². The standard InChI is InChI=1S/C15H17N3O/c19-15(12-5-2-1-3-6-12)18-9-4-7-13-14(8-10-18)17-11-16-13/h1-3,5-6,11H,4,7-10H2,(H,16,17). The van der Waals surface area contributed by atoms with E-state index in [0.717, 1.165) is 43.6 Å². The van der Waals surface area contributed by atoms with Crippen LogP contribution >= 0.6 is 0 Å². The molecule has 0 bridgehead atoms. The van der Waals surface area contributed by atoms with Crippen molar-refractivity contribution in [3.8, 4) is 0 Å². The number of hydrogen-bond acceptors (Lipinski definition) is 2. The molecule has 2 heterocycles. The lowest BCUT2D eigenvalue weighted by Crippen LogP contribution is -2.35. The van der Waals surface area contributed by atoms with Gasteiger partial charge in [0.25, 0.3) is 5.91 Å². The van der Waals surface area contributed by atoms with Crippen LogP contribution in [0.2, 0.25) is 0 Å². The summed E-state index contributed by atoms with van der Waals surface area (Å²) >= 11 is 0. The topological polar surface area (TPSA) is 49.0 Å². The van der Waals surface area contributed by atoms with Gasteiger partial charge < -0.3 is 9.88 Å². The molecule has 1 aromatic carbocycles. The second kappa shape index (κ2) is 5.26. The van der Waals surface area contributed by atoms with Crippen molar-refractivity contribution >= 4 is 5.91 Å². The van der Waals surface area contributed by atoms with E-state index in [4.69, 9.17) is 0 Å². The Morgan fingerprint density at radius 2 is 2.00 bits per heavy atom. The highest BCUT2D eigenvalue weighted by molar-refractivity contribution is 5.94. The Bertz CT molecular complexity index is 562. The average Bonchev–Trinajstić information content (AvgIpc) is 2.86. The molecule has 0 radical (unpaired) electrons. The number of nitrogens with one attached hydrogen (secondary N) is 1. The molecule has 0 aliphatic carbocycles. The van der Waals surface area contributed by atoms with E-state index in [1.807, 2.05) is 35.2 Å². The molecule has 4 heteroatoms. The Kier molecular flexibility index (Phi) is 3.31. The van der Waals surface area contributed by atoms with Crippen molar-refractivity contribution in [2.24, 2.45) is 0 Å². The minimum Gasteiger partial charge on any atom is -0.348 e. The van der Waals surface area contributed by atoms with Crippen molar-refractivity contribution in [3.63, 3.8) is 0 Å². The van der Waals surface area contributed by atoms with Crippen LogP contribution in [-0.2, 0) is 12.8 Å². The summed E-state index contributed by atoms with van der Waals surface area (Å²) < 4.78 is 0. The van der Waals surface area contributed by atoms with Gasteiger partial charge in [-0.2, -0.15) is 0 Å². The van der Waals surface area contributed by atoms with Crippen LogP contribution in [0.4, 0.5) is 0 Å². The molecule has 1 aromatic heterocycles. The number of nitrogens with zero attached hydrogens (tertiary/aromatic N) is 2. The molecule has 19 heavy (non-hydrogen) atoms. The molecule has 3 rings (SSSR count). The molecule has 98 valence electrons. The molecular formula is C15H17N3O. The van der Waals surface area contributed by atoms with Crippen molar-refractivity contribution in [3.05, 3.63) is 53.6 Å². The van der Waals surface area contributed by atoms with E-state index in [1.165, 1.54) is 5.69 Å². The van der Waals surface area contributed by atoms with Gasteiger partial charge in [-0.05, 0) is 25.0 Å². The smallest absolute Gasteiger partial charge is 0.253 e. The first-order chi connectivity index (χ1) is 9.34. The van der Waals surface area contributed by atoms with Gasteiger partial charge in [0, 0.05) is 30.8 Å². The quantitative estimate of drug-likeness (QED) is 0.847. The average molecular weight is 255 g/mol. The summed E-state index contributed by atoms with van der Waals surface area (Å²) in [6, 6.07) is 9.49. The third kappa shape index (κ3) is 2.52. The van der Waals surface area contributed by atoms with Crippen molar-refractivity contribution in [2.75, 3.05) is 13.1 Å². The minimum absolute atomic E-state index is 0.125. The van der Waals surface area contributed by atoms with Gasteiger partial charge in [-0.25, -0.2) is 4.98 Å². The maximum Gasteiger partial charge on any atom is 0.253 e. The minimum atomic E-state index is 0.125. The van der Waals surface area contributed by atoms with Crippen molar-refractivity contribution in [1.82, 2.24) is 14.9 Å². The van der Waals surface area contributed by atoms with Crippen LogP contribution in [0.3, 0.4) is 0 Å². The summed E-state index contributed by atoms with van der Waals surface area (Å²) in [5.41, 5.74) is 3.10. The van der Waals surface area contributed by atoms with Crippen molar-refractivity contribution in [2.45, 2.75) is 19.3 Å². The van der Waals surface area contributed by atoms with E-state index in [1.54, 1.807) is 6.33 Å². The number of amides is 1. The first-order valence-corrected chi connectivity index (χ1v) is 6.70. The van der Waals surface area contributed by atoms with Crippen LogP contribution in [0, 0.1) is 0 Å². The molecule has 1 aliphatic heterocycles. The van der Waals surface area contributed by atoms with Gasteiger partial charge in [0.05, 0.1) is 12.0 Å². The number of carbonyl (C=O) groups excluding carboxylic acids is 1. The molecule has 2 aromatic rings. The van der Waals surface area contributed by atoms with Crippen LogP contribution in [0.1, 0.15) is 28.2 Å². The Morgan fingerprint density at radius 1 is 1.16 bits per heavy atom. The Morgan fingerprint density at radius 3 is 2.84 bits per heavy atom. The molecule has 0 unspecified atom stereocenters. The zero-order valence-electron chi connectivity index (χ0n) is 10.8. The second-order valence-electron chi connectivity index (χ2n) is 4.84. The number of rotatable bonds is 1. The van der Waals surface area contributed by atoms with E-state index in [9.17, 15) is 4.79 Å². The van der Waals surface area contributed by atoms with E-state index < -0.39 is 0 Å². The van der Waals surface area contributed by atoms with E-state index in [2.05, 4.69) is 9.97 Å². The first kappa shape index (κ1) is 12.0. The maximum absolute atomic E-state index is 12.4. The summed E-state index contributed by atoms with van der Waals surface area (Å²) in [4.78, 5) is 21.9. The zero-order valence-corrected chi connectivity index (χ0v) is 10.8. The highest BCUT2D eigenvalue weighted by Crippen LogP contribution is 2.14. The fourth-order valence-corrected chi connectivity index (χ4v) is 2.55. The number of aromatic amines is 1. The molecular weight excluding hydrogens is 238 g/mol. The lowest BCUT2D eigenvalue weighted by atomic mass is 10.1. The fourth-order valence-electron chi connectivity index (χ4n) is 2.55. The zero-order chi connectivity index (χ0) is 13.1. The number of H-pyrrole nitrogens is 1. The fraction of sp³-hybridized carbons (Fsp3) is 0.333.